The number of nitrogens with one attached hydrogen (secondary N) is 1. The van der Waals surface area contributed by atoms with E-state index < -0.39 is 0 Å². The lowest BCUT2D eigenvalue weighted by atomic mass is 10.2. The average molecular weight is 378 g/mol. The SMILES string of the molecule is CCOc1cccn2c(C(=O)Nc3ccc(Cl)cc3Cl)c(CC)nc12. The number of hydrogen-bond donors (Lipinski definition) is 1. The van der Waals surface area contributed by atoms with Crippen LogP contribution in [0.25, 0.3) is 5.65 Å². The van der Waals surface area contributed by atoms with Gasteiger partial charge in [-0.1, -0.05) is 30.1 Å². The molecule has 0 unspecified atom stereocenters. The Labute approximate surface area is 155 Å². The molecule has 130 valence electrons. The van der Waals surface area contributed by atoms with Crippen LogP contribution in [0.15, 0.2) is 36.5 Å². The number of amides is 1. The lowest BCUT2D eigenvalue weighted by molar-refractivity contribution is 0.102. The molecule has 2 heterocycles. The van der Waals surface area contributed by atoms with E-state index in [1.165, 1.54) is 0 Å². The van der Waals surface area contributed by atoms with Gasteiger partial charge in [-0.25, -0.2) is 4.98 Å². The first-order valence-corrected chi connectivity index (χ1v) is 8.69. The lowest BCUT2D eigenvalue weighted by Gasteiger charge is -2.09. The van der Waals surface area contributed by atoms with Gasteiger partial charge in [0.2, 0.25) is 0 Å². The van der Waals surface area contributed by atoms with E-state index in [0.717, 1.165) is 0 Å². The van der Waals surface area contributed by atoms with Crippen LogP contribution < -0.4 is 10.1 Å². The van der Waals surface area contributed by atoms with E-state index in [9.17, 15) is 4.79 Å². The van der Waals surface area contributed by atoms with Crippen LogP contribution in [0.1, 0.15) is 30.0 Å². The van der Waals surface area contributed by atoms with E-state index in [2.05, 4.69) is 10.3 Å². The number of nitrogens with zero attached hydrogens (tertiary/aromatic N) is 2. The Kier molecular flexibility index (Phi) is 5.16. The van der Waals surface area contributed by atoms with Crippen molar-refractivity contribution in [3.63, 3.8) is 0 Å². The van der Waals surface area contributed by atoms with Gasteiger partial charge >= 0.3 is 0 Å². The van der Waals surface area contributed by atoms with E-state index in [1.807, 2.05) is 26.0 Å². The maximum absolute atomic E-state index is 12.9. The molecule has 0 aliphatic rings. The van der Waals surface area contributed by atoms with Crippen LogP contribution in [0.3, 0.4) is 0 Å². The van der Waals surface area contributed by atoms with Crippen molar-refractivity contribution < 1.29 is 9.53 Å². The van der Waals surface area contributed by atoms with Gasteiger partial charge < -0.3 is 10.1 Å². The van der Waals surface area contributed by atoms with Gasteiger partial charge in [0.15, 0.2) is 11.4 Å². The summed E-state index contributed by atoms with van der Waals surface area (Å²) in [7, 11) is 0. The van der Waals surface area contributed by atoms with Crippen LogP contribution >= 0.6 is 23.2 Å². The van der Waals surface area contributed by atoms with E-state index in [1.54, 1.807) is 28.8 Å². The quantitative estimate of drug-likeness (QED) is 0.690. The highest BCUT2D eigenvalue weighted by molar-refractivity contribution is 6.36. The summed E-state index contributed by atoms with van der Waals surface area (Å²) in [6.07, 6.45) is 2.41. The predicted molar refractivity (Wildman–Crippen MR) is 100 cm³/mol. The normalized spacial score (nSPS) is 10.9. The molecule has 0 bridgehead atoms. The van der Waals surface area contributed by atoms with E-state index in [-0.39, 0.29) is 5.91 Å². The van der Waals surface area contributed by atoms with Crippen LogP contribution in [0.5, 0.6) is 5.75 Å². The summed E-state index contributed by atoms with van der Waals surface area (Å²) in [5, 5.41) is 3.71. The zero-order valence-electron chi connectivity index (χ0n) is 13.8. The first kappa shape index (κ1) is 17.6. The maximum atomic E-state index is 12.9. The summed E-state index contributed by atoms with van der Waals surface area (Å²) >= 11 is 12.1. The van der Waals surface area contributed by atoms with Crippen molar-refractivity contribution >= 4 is 40.4 Å². The fourth-order valence-corrected chi connectivity index (χ4v) is 3.07. The van der Waals surface area contributed by atoms with Crippen LogP contribution in [0.4, 0.5) is 5.69 Å². The van der Waals surface area contributed by atoms with Crippen LogP contribution in [-0.2, 0) is 6.42 Å². The number of anilines is 1. The van der Waals surface area contributed by atoms with Gasteiger partial charge in [0, 0.05) is 11.2 Å². The number of imidazole rings is 1. The van der Waals surface area contributed by atoms with E-state index in [4.69, 9.17) is 27.9 Å². The number of ether oxygens (including phenoxy) is 1. The molecule has 0 atom stereocenters. The van der Waals surface area contributed by atoms with E-state index >= 15 is 0 Å². The number of pyridine rings is 1. The Morgan fingerprint density at radius 1 is 1.28 bits per heavy atom. The largest absolute Gasteiger partial charge is 0.490 e. The molecule has 1 amide bonds. The Balaban J connectivity index is 2.04. The smallest absolute Gasteiger partial charge is 0.274 e. The molecular formula is C18H17Cl2N3O2. The van der Waals surface area contributed by atoms with Crippen molar-refractivity contribution in [1.29, 1.82) is 0 Å². The Bertz CT molecular complexity index is 937. The zero-order chi connectivity index (χ0) is 18.0. The van der Waals surface area contributed by atoms with Gasteiger partial charge in [-0.05, 0) is 43.7 Å². The highest BCUT2D eigenvalue weighted by Crippen LogP contribution is 2.27. The summed E-state index contributed by atoms with van der Waals surface area (Å²) in [5.41, 5.74) is 2.27. The monoisotopic (exact) mass is 377 g/mol. The molecule has 0 radical (unpaired) electrons. The first-order valence-electron chi connectivity index (χ1n) is 7.94. The highest BCUT2D eigenvalue weighted by atomic mass is 35.5. The first-order chi connectivity index (χ1) is 12.0. The second-order valence-electron chi connectivity index (χ2n) is 5.34. The Morgan fingerprint density at radius 3 is 2.76 bits per heavy atom. The number of carbonyl (C=O) groups is 1. The summed E-state index contributed by atoms with van der Waals surface area (Å²) in [6, 6.07) is 8.59. The molecule has 1 aromatic carbocycles. The number of aromatic nitrogens is 2. The van der Waals surface area contributed by atoms with Crippen LogP contribution in [0.2, 0.25) is 10.0 Å². The van der Waals surface area contributed by atoms with Crippen LogP contribution in [0, 0.1) is 0 Å². The lowest BCUT2D eigenvalue weighted by Crippen LogP contribution is -2.16. The van der Waals surface area contributed by atoms with Crippen molar-refractivity contribution in [2.24, 2.45) is 0 Å². The minimum atomic E-state index is -0.290. The molecule has 0 fully saturated rings. The van der Waals surface area contributed by atoms with Gasteiger partial charge in [0.1, 0.15) is 5.69 Å². The topological polar surface area (TPSA) is 55.6 Å². The minimum Gasteiger partial charge on any atom is -0.490 e. The minimum absolute atomic E-state index is 0.290. The van der Waals surface area contributed by atoms with Crippen molar-refractivity contribution in [1.82, 2.24) is 9.38 Å². The number of halogens is 2. The van der Waals surface area contributed by atoms with Crippen molar-refractivity contribution in [3.8, 4) is 5.75 Å². The van der Waals surface area contributed by atoms with Gasteiger partial charge in [-0.15, -0.1) is 0 Å². The summed E-state index contributed by atoms with van der Waals surface area (Å²) < 4.78 is 7.35. The Hall–Kier alpha value is -2.24. The third-order valence-corrected chi connectivity index (χ3v) is 4.26. The third kappa shape index (κ3) is 3.43. The van der Waals surface area contributed by atoms with Crippen molar-refractivity contribution in [2.75, 3.05) is 11.9 Å². The highest BCUT2D eigenvalue weighted by Gasteiger charge is 2.21. The van der Waals surface area contributed by atoms with Crippen molar-refractivity contribution in [3.05, 3.63) is 58.0 Å². The molecule has 5 nitrogen and oxygen atoms in total. The molecule has 0 aliphatic heterocycles. The molecular weight excluding hydrogens is 361 g/mol. The maximum Gasteiger partial charge on any atom is 0.274 e. The molecule has 2 aromatic heterocycles. The molecule has 7 heteroatoms. The number of fused-ring (bicyclic) bond motifs is 1. The van der Waals surface area contributed by atoms with Gasteiger partial charge in [-0.2, -0.15) is 0 Å². The summed E-state index contributed by atoms with van der Waals surface area (Å²) in [4.78, 5) is 17.4. The molecule has 0 spiro atoms. The Morgan fingerprint density at radius 2 is 2.08 bits per heavy atom. The molecule has 0 saturated carbocycles. The third-order valence-electron chi connectivity index (χ3n) is 3.72. The van der Waals surface area contributed by atoms with Gasteiger partial charge in [0.25, 0.3) is 5.91 Å². The molecule has 0 saturated heterocycles. The van der Waals surface area contributed by atoms with Gasteiger partial charge in [-0.3, -0.25) is 9.20 Å². The number of benzene rings is 1. The number of hydrogen-bond acceptors (Lipinski definition) is 3. The zero-order valence-corrected chi connectivity index (χ0v) is 15.4. The molecule has 1 N–H and O–H groups in total. The predicted octanol–water partition coefficient (Wildman–Crippen LogP) is 4.85. The average Bonchev–Trinajstić information content (AvgIpc) is 2.97. The number of carbonyl (C=O) groups excluding carboxylic acids is 1. The van der Waals surface area contributed by atoms with Crippen LogP contribution in [-0.4, -0.2) is 21.9 Å². The molecule has 3 rings (SSSR count). The molecule has 0 aliphatic carbocycles. The fraction of sp³-hybridized carbons (Fsp3) is 0.222. The second kappa shape index (κ2) is 7.33. The fourth-order valence-electron chi connectivity index (χ4n) is 2.62. The molecule has 25 heavy (non-hydrogen) atoms. The number of aryl methyl sites for hydroxylation is 1. The number of rotatable bonds is 5. The summed E-state index contributed by atoms with van der Waals surface area (Å²) in [6.45, 7) is 4.38. The standard InChI is InChI=1S/C18H17Cl2N3O2/c1-3-13-16(18(24)22-14-8-7-11(19)10-12(14)20)23-9-5-6-15(25-4-2)17(23)21-13/h5-10H,3-4H2,1-2H3,(H,22,24). The van der Waals surface area contributed by atoms with E-state index in [0.29, 0.717) is 51.5 Å². The van der Waals surface area contributed by atoms with Gasteiger partial charge in [0.05, 0.1) is 23.0 Å². The second-order valence-corrected chi connectivity index (χ2v) is 6.18. The van der Waals surface area contributed by atoms with Crippen molar-refractivity contribution in [2.45, 2.75) is 20.3 Å². The summed E-state index contributed by atoms with van der Waals surface area (Å²) in [5.74, 6) is 0.352. The molecule has 3 aromatic rings.